The van der Waals surface area contributed by atoms with E-state index in [2.05, 4.69) is 28.6 Å². The van der Waals surface area contributed by atoms with E-state index in [9.17, 15) is 4.79 Å². The Morgan fingerprint density at radius 2 is 1.77 bits per heavy atom. The highest BCUT2D eigenvalue weighted by Crippen LogP contribution is 2.15. The molecule has 5 heteroatoms. The van der Waals surface area contributed by atoms with Crippen molar-refractivity contribution in [2.75, 3.05) is 39.8 Å². The van der Waals surface area contributed by atoms with Crippen molar-refractivity contribution in [2.24, 2.45) is 10.9 Å². The first-order valence-corrected chi connectivity index (χ1v) is 8.18. The third-order valence-corrected chi connectivity index (χ3v) is 4.44. The highest BCUT2D eigenvalue weighted by atomic mass is 16.5. The van der Waals surface area contributed by atoms with Gasteiger partial charge in [-0.1, -0.05) is 6.92 Å². The van der Waals surface area contributed by atoms with E-state index in [1.54, 1.807) is 0 Å². The number of carbonyl (C=O) groups excluding carboxylic acids is 1. The van der Waals surface area contributed by atoms with E-state index in [-0.39, 0.29) is 11.9 Å². The summed E-state index contributed by atoms with van der Waals surface area (Å²) in [6.07, 6.45) is 1.21. The van der Waals surface area contributed by atoms with Gasteiger partial charge in [-0.05, 0) is 40.7 Å². The lowest BCUT2D eigenvalue weighted by molar-refractivity contribution is -0.142. The van der Waals surface area contributed by atoms with Gasteiger partial charge in [0.1, 0.15) is 0 Å². The van der Waals surface area contributed by atoms with Gasteiger partial charge in [-0.25, -0.2) is 0 Å². The van der Waals surface area contributed by atoms with Crippen molar-refractivity contribution in [3.05, 3.63) is 11.4 Å². The molecular weight excluding hydrogens is 278 g/mol. The van der Waals surface area contributed by atoms with Crippen LogP contribution < -0.4 is 0 Å². The fraction of sp³-hybridized carbons (Fsp3) is 0.765. The molecule has 0 N–H and O–H groups in total. The van der Waals surface area contributed by atoms with E-state index < -0.39 is 0 Å². The lowest BCUT2D eigenvalue weighted by atomic mass is 10.1. The molecule has 0 aliphatic carbocycles. The lowest BCUT2D eigenvalue weighted by Crippen LogP contribution is -2.45. The second-order valence-corrected chi connectivity index (χ2v) is 6.00. The van der Waals surface area contributed by atoms with Crippen molar-refractivity contribution in [1.29, 1.82) is 0 Å². The van der Waals surface area contributed by atoms with Gasteiger partial charge in [-0.2, -0.15) is 0 Å². The summed E-state index contributed by atoms with van der Waals surface area (Å²) in [5.41, 5.74) is 2.98. The molecule has 1 atom stereocenters. The molecule has 0 radical (unpaired) electrons. The van der Waals surface area contributed by atoms with E-state index in [0.29, 0.717) is 0 Å². The van der Waals surface area contributed by atoms with Crippen LogP contribution in [0.5, 0.6) is 0 Å². The zero-order chi connectivity index (χ0) is 16.7. The predicted molar refractivity (Wildman–Crippen MR) is 91.0 cm³/mol. The molecule has 0 amide bonds. The van der Waals surface area contributed by atoms with Crippen molar-refractivity contribution >= 4 is 11.7 Å². The molecule has 0 aromatic heterocycles. The Bertz CT molecular complexity index is 435. The molecule has 1 aliphatic heterocycles. The SMILES string of the molecule is CCCN1CCN(/C(C)=C(C)/N=C(\C)C(C)C(=O)OC)CC1. The van der Waals surface area contributed by atoms with Gasteiger partial charge in [0, 0.05) is 37.6 Å². The number of methoxy groups -OCH3 is 1. The van der Waals surface area contributed by atoms with Crippen LogP contribution in [0.15, 0.2) is 16.4 Å². The van der Waals surface area contributed by atoms with Crippen molar-refractivity contribution in [2.45, 2.75) is 41.0 Å². The molecule has 0 aromatic carbocycles. The minimum Gasteiger partial charge on any atom is -0.469 e. The number of piperazine rings is 1. The first-order chi connectivity index (χ1) is 10.4. The lowest BCUT2D eigenvalue weighted by Gasteiger charge is -2.36. The maximum atomic E-state index is 11.6. The van der Waals surface area contributed by atoms with E-state index in [4.69, 9.17) is 4.74 Å². The number of carbonyl (C=O) groups is 1. The third kappa shape index (κ3) is 5.13. The highest BCUT2D eigenvalue weighted by Gasteiger charge is 2.19. The van der Waals surface area contributed by atoms with Crippen molar-refractivity contribution < 1.29 is 9.53 Å². The van der Waals surface area contributed by atoms with Crippen LogP contribution in [0, 0.1) is 5.92 Å². The van der Waals surface area contributed by atoms with Gasteiger partial charge in [0.2, 0.25) is 0 Å². The number of rotatable bonds is 6. The molecule has 1 fully saturated rings. The second-order valence-electron chi connectivity index (χ2n) is 6.00. The number of ether oxygens (including phenoxy) is 1. The summed E-state index contributed by atoms with van der Waals surface area (Å²) in [7, 11) is 1.41. The van der Waals surface area contributed by atoms with E-state index in [0.717, 1.165) is 37.6 Å². The first kappa shape index (κ1) is 18.7. The molecule has 1 unspecified atom stereocenters. The van der Waals surface area contributed by atoms with Gasteiger partial charge in [-0.15, -0.1) is 0 Å². The Morgan fingerprint density at radius 1 is 1.18 bits per heavy atom. The largest absolute Gasteiger partial charge is 0.469 e. The predicted octanol–water partition coefficient (Wildman–Crippen LogP) is 2.54. The van der Waals surface area contributed by atoms with Crippen molar-refractivity contribution in [1.82, 2.24) is 9.80 Å². The van der Waals surface area contributed by atoms with Crippen LogP contribution in [0.25, 0.3) is 0 Å². The zero-order valence-electron chi connectivity index (χ0n) is 15.0. The zero-order valence-corrected chi connectivity index (χ0v) is 15.0. The molecule has 22 heavy (non-hydrogen) atoms. The maximum absolute atomic E-state index is 11.6. The Balaban J connectivity index is 2.71. The number of hydrogen-bond donors (Lipinski definition) is 0. The minimum absolute atomic E-state index is 0.236. The smallest absolute Gasteiger partial charge is 0.314 e. The van der Waals surface area contributed by atoms with Crippen LogP contribution in [-0.4, -0.2) is 61.3 Å². The molecule has 0 spiro atoms. The third-order valence-electron chi connectivity index (χ3n) is 4.44. The average Bonchev–Trinajstić information content (AvgIpc) is 2.53. The van der Waals surface area contributed by atoms with Crippen LogP contribution in [0.2, 0.25) is 0 Å². The standard InChI is InChI=1S/C17H31N3O2/c1-7-8-19-9-11-20(12-10-19)16(5)15(4)18-14(3)13(2)17(21)22-6/h13H,7-12H2,1-6H3/b16-15+,18-14+. The molecule has 0 aromatic rings. The van der Waals surface area contributed by atoms with Gasteiger partial charge in [-0.3, -0.25) is 14.7 Å². The minimum atomic E-state index is -0.297. The van der Waals surface area contributed by atoms with E-state index in [1.165, 1.54) is 25.8 Å². The maximum Gasteiger partial charge on any atom is 0.314 e. The summed E-state index contributed by atoms with van der Waals surface area (Å²) >= 11 is 0. The van der Waals surface area contributed by atoms with E-state index in [1.807, 2.05) is 20.8 Å². The molecular formula is C17H31N3O2. The summed E-state index contributed by atoms with van der Waals surface area (Å²) in [5, 5.41) is 0. The Hall–Kier alpha value is -1.36. The molecule has 1 heterocycles. The molecule has 5 nitrogen and oxygen atoms in total. The number of esters is 1. The van der Waals surface area contributed by atoms with Crippen LogP contribution in [0.1, 0.15) is 41.0 Å². The van der Waals surface area contributed by atoms with Crippen LogP contribution in [0.4, 0.5) is 0 Å². The molecule has 1 rings (SSSR count). The average molecular weight is 309 g/mol. The van der Waals surface area contributed by atoms with Gasteiger partial charge < -0.3 is 9.64 Å². The second kappa shape index (κ2) is 8.93. The Kier molecular flexibility index (Phi) is 7.59. The molecule has 1 saturated heterocycles. The monoisotopic (exact) mass is 309 g/mol. The van der Waals surface area contributed by atoms with Crippen molar-refractivity contribution in [3.8, 4) is 0 Å². The quantitative estimate of drug-likeness (QED) is 0.559. The number of nitrogens with zero attached hydrogens (tertiary/aromatic N) is 3. The highest BCUT2D eigenvalue weighted by molar-refractivity contribution is 6.00. The summed E-state index contributed by atoms with van der Waals surface area (Å²) in [5.74, 6) is -0.533. The summed E-state index contributed by atoms with van der Waals surface area (Å²) in [6.45, 7) is 15.6. The first-order valence-electron chi connectivity index (χ1n) is 8.18. The number of hydrogen-bond acceptors (Lipinski definition) is 5. The summed E-state index contributed by atoms with van der Waals surface area (Å²) in [4.78, 5) is 21.1. The summed E-state index contributed by atoms with van der Waals surface area (Å²) in [6, 6.07) is 0. The fourth-order valence-electron chi connectivity index (χ4n) is 2.64. The van der Waals surface area contributed by atoms with Gasteiger partial charge >= 0.3 is 5.97 Å². The fourth-order valence-corrected chi connectivity index (χ4v) is 2.64. The normalized spacial score (nSPS) is 19.7. The van der Waals surface area contributed by atoms with Crippen molar-refractivity contribution in [3.63, 3.8) is 0 Å². The van der Waals surface area contributed by atoms with Crippen LogP contribution >= 0.6 is 0 Å². The summed E-state index contributed by atoms with van der Waals surface area (Å²) < 4.78 is 4.77. The van der Waals surface area contributed by atoms with Gasteiger partial charge in [0.05, 0.1) is 18.7 Å². The van der Waals surface area contributed by atoms with Gasteiger partial charge in [0.25, 0.3) is 0 Å². The molecule has 0 bridgehead atoms. The Morgan fingerprint density at radius 3 is 2.27 bits per heavy atom. The van der Waals surface area contributed by atoms with Crippen LogP contribution in [0.3, 0.4) is 0 Å². The molecule has 1 aliphatic rings. The number of allylic oxidation sites excluding steroid dienone is 2. The topological polar surface area (TPSA) is 45.1 Å². The number of aliphatic imine (C=N–C) groups is 1. The van der Waals surface area contributed by atoms with Gasteiger partial charge in [0.15, 0.2) is 0 Å². The van der Waals surface area contributed by atoms with Crippen LogP contribution in [-0.2, 0) is 9.53 Å². The Labute approximate surface area is 135 Å². The van der Waals surface area contributed by atoms with E-state index >= 15 is 0 Å². The molecule has 126 valence electrons. The molecule has 0 saturated carbocycles.